The molecule has 128 valence electrons. The number of benzene rings is 2. The molecule has 0 aliphatic heterocycles. The monoisotopic (exact) mass is 344 g/mol. The van der Waals surface area contributed by atoms with E-state index in [2.05, 4.69) is 0 Å². The number of esters is 1. The Morgan fingerprint density at radius 3 is 1.79 bits per heavy atom. The predicted octanol–water partition coefficient (Wildman–Crippen LogP) is 4.90. The van der Waals surface area contributed by atoms with Crippen molar-refractivity contribution in [2.45, 2.75) is 26.2 Å². The molecule has 0 bridgehead atoms. The van der Waals surface area contributed by atoms with Crippen LogP contribution in [0, 0.1) is 29.1 Å². The molecule has 0 amide bonds. The normalized spacial score (nSPS) is 11.5. The molecule has 0 atom stereocenters. The maximum Gasteiger partial charge on any atom is 0.349 e. The van der Waals surface area contributed by atoms with Crippen LogP contribution in [0.2, 0.25) is 0 Å². The van der Waals surface area contributed by atoms with Gasteiger partial charge in [-0.15, -0.1) is 0 Å². The summed E-state index contributed by atoms with van der Waals surface area (Å²) in [6.07, 6.45) is 0. The van der Waals surface area contributed by atoms with Gasteiger partial charge in [0.05, 0.1) is 0 Å². The first kappa shape index (κ1) is 17.9. The van der Waals surface area contributed by atoms with Gasteiger partial charge in [-0.2, -0.15) is 0 Å². The molecule has 2 aromatic carbocycles. The molecule has 0 aliphatic rings. The molecule has 2 rings (SSSR count). The van der Waals surface area contributed by atoms with E-state index in [9.17, 15) is 26.7 Å². The number of hydrogen-bond donors (Lipinski definition) is 0. The van der Waals surface area contributed by atoms with Crippen molar-refractivity contribution in [2.24, 2.45) is 0 Å². The van der Waals surface area contributed by atoms with Crippen LogP contribution in [0.25, 0.3) is 0 Å². The molecule has 2 nitrogen and oxygen atoms in total. The van der Waals surface area contributed by atoms with Crippen LogP contribution in [0.15, 0.2) is 24.3 Å². The molecule has 7 heteroatoms. The van der Waals surface area contributed by atoms with Gasteiger partial charge in [0.25, 0.3) is 0 Å². The lowest BCUT2D eigenvalue weighted by Crippen LogP contribution is -2.20. The molecule has 0 N–H and O–H groups in total. The van der Waals surface area contributed by atoms with Crippen molar-refractivity contribution in [3.63, 3.8) is 0 Å². The summed E-state index contributed by atoms with van der Waals surface area (Å²) < 4.78 is 71.7. The second-order valence-corrected chi connectivity index (χ2v) is 6.08. The molecule has 0 spiro atoms. The van der Waals surface area contributed by atoms with Gasteiger partial charge in [-0.05, 0) is 11.5 Å². The van der Waals surface area contributed by atoms with E-state index in [0.717, 1.165) is 0 Å². The summed E-state index contributed by atoms with van der Waals surface area (Å²) in [5.74, 6) is -12.9. The molecule has 0 unspecified atom stereocenters. The van der Waals surface area contributed by atoms with Gasteiger partial charge in [0.2, 0.25) is 5.82 Å². The third-order valence-corrected chi connectivity index (χ3v) is 3.31. The quantitative estimate of drug-likeness (QED) is 0.255. The molecular weight excluding hydrogens is 331 g/mol. The van der Waals surface area contributed by atoms with Gasteiger partial charge in [-0.25, -0.2) is 26.7 Å². The van der Waals surface area contributed by atoms with E-state index in [4.69, 9.17) is 4.74 Å². The molecule has 0 aliphatic carbocycles. The van der Waals surface area contributed by atoms with Crippen molar-refractivity contribution in [1.29, 1.82) is 0 Å². The van der Waals surface area contributed by atoms with Crippen molar-refractivity contribution >= 4 is 5.97 Å². The minimum Gasteiger partial charge on any atom is -0.422 e. The number of rotatable bonds is 2. The van der Waals surface area contributed by atoms with Crippen LogP contribution in [0.5, 0.6) is 5.75 Å². The van der Waals surface area contributed by atoms with Crippen LogP contribution < -0.4 is 4.74 Å². The number of para-hydroxylation sites is 1. The Morgan fingerprint density at radius 2 is 1.29 bits per heavy atom. The molecule has 0 fully saturated rings. The zero-order chi connectivity index (χ0) is 18.2. The summed E-state index contributed by atoms with van der Waals surface area (Å²) in [6.45, 7) is 5.41. The fourth-order valence-corrected chi connectivity index (χ4v) is 2.11. The lowest BCUT2D eigenvalue weighted by atomic mass is 9.86. The SMILES string of the molecule is CC(C)(C)c1ccccc1OC(=O)c1c(F)c(F)c(F)c(F)c1F. The van der Waals surface area contributed by atoms with Crippen molar-refractivity contribution in [1.82, 2.24) is 0 Å². The second-order valence-electron chi connectivity index (χ2n) is 6.08. The summed E-state index contributed by atoms with van der Waals surface area (Å²) >= 11 is 0. The van der Waals surface area contributed by atoms with Crippen LogP contribution in [0.4, 0.5) is 22.0 Å². The summed E-state index contributed by atoms with van der Waals surface area (Å²) in [6, 6.07) is 6.17. The van der Waals surface area contributed by atoms with Crippen LogP contribution in [-0.4, -0.2) is 5.97 Å². The van der Waals surface area contributed by atoms with E-state index in [1.54, 1.807) is 32.9 Å². The Hall–Kier alpha value is -2.44. The molecular formula is C17H13F5O2. The Bertz CT molecular complexity index is 780. The molecule has 2 aromatic rings. The number of carbonyl (C=O) groups excluding carboxylic acids is 1. The van der Waals surface area contributed by atoms with E-state index in [-0.39, 0.29) is 5.75 Å². The highest BCUT2D eigenvalue weighted by molar-refractivity contribution is 5.92. The van der Waals surface area contributed by atoms with Gasteiger partial charge in [0.15, 0.2) is 23.3 Å². The fraction of sp³-hybridized carbons (Fsp3) is 0.235. The first-order valence-electron chi connectivity index (χ1n) is 6.88. The third-order valence-electron chi connectivity index (χ3n) is 3.31. The Kier molecular flexibility index (Phi) is 4.64. The molecule has 0 saturated carbocycles. The first-order chi connectivity index (χ1) is 11.1. The standard InChI is InChI=1S/C17H13F5O2/c1-17(2,3)8-6-4-5-7-9(8)24-16(23)10-11(18)13(20)15(22)14(21)12(10)19/h4-7H,1-3H3. The van der Waals surface area contributed by atoms with E-state index in [1.165, 1.54) is 12.1 Å². The van der Waals surface area contributed by atoms with E-state index >= 15 is 0 Å². The lowest BCUT2D eigenvalue weighted by Gasteiger charge is -2.22. The number of carbonyl (C=O) groups is 1. The summed E-state index contributed by atoms with van der Waals surface area (Å²) in [4.78, 5) is 12.0. The Morgan fingerprint density at radius 1 is 0.833 bits per heavy atom. The summed E-state index contributed by atoms with van der Waals surface area (Å²) in [5, 5.41) is 0. The van der Waals surface area contributed by atoms with Gasteiger partial charge in [-0.1, -0.05) is 39.0 Å². The number of ether oxygens (including phenoxy) is 1. The minimum absolute atomic E-state index is 0.0288. The highest BCUT2D eigenvalue weighted by Crippen LogP contribution is 2.32. The van der Waals surface area contributed by atoms with E-state index in [1.807, 2.05) is 0 Å². The molecule has 0 aromatic heterocycles. The van der Waals surface area contributed by atoms with Crippen LogP contribution in [-0.2, 0) is 5.41 Å². The maximum absolute atomic E-state index is 13.7. The largest absolute Gasteiger partial charge is 0.422 e. The first-order valence-corrected chi connectivity index (χ1v) is 6.88. The van der Waals surface area contributed by atoms with Crippen molar-refractivity contribution in [2.75, 3.05) is 0 Å². The molecule has 0 saturated heterocycles. The average molecular weight is 344 g/mol. The Balaban J connectivity index is 2.51. The van der Waals surface area contributed by atoms with Gasteiger partial charge in [-0.3, -0.25) is 0 Å². The fourth-order valence-electron chi connectivity index (χ4n) is 2.11. The maximum atomic E-state index is 13.7. The zero-order valence-corrected chi connectivity index (χ0v) is 13.0. The highest BCUT2D eigenvalue weighted by Gasteiger charge is 2.31. The van der Waals surface area contributed by atoms with Crippen LogP contribution >= 0.6 is 0 Å². The number of hydrogen-bond acceptors (Lipinski definition) is 2. The average Bonchev–Trinajstić information content (AvgIpc) is 2.50. The molecule has 0 heterocycles. The lowest BCUT2D eigenvalue weighted by molar-refractivity contribution is 0.0718. The summed E-state index contributed by atoms with van der Waals surface area (Å²) in [5.41, 5.74) is -1.58. The van der Waals surface area contributed by atoms with Gasteiger partial charge < -0.3 is 4.74 Å². The van der Waals surface area contributed by atoms with Crippen molar-refractivity contribution < 1.29 is 31.5 Å². The van der Waals surface area contributed by atoms with E-state index in [0.29, 0.717) is 5.56 Å². The van der Waals surface area contributed by atoms with Gasteiger partial charge >= 0.3 is 5.97 Å². The smallest absolute Gasteiger partial charge is 0.349 e. The van der Waals surface area contributed by atoms with Crippen molar-refractivity contribution in [3.8, 4) is 5.75 Å². The predicted molar refractivity (Wildman–Crippen MR) is 76.3 cm³/mol. The van der Waals surface area contributed by atoms with Gasteiger partial charge in [0.1, 0.15) is 11.3 Å². The highest BCUT2D eigenvalue weighted by atomic mass is 19.2. The zero-order valence-electron chi connectivity index (χ0n) is 13.0. The molecule has 24 heavy (non-hydrogen) atoms. The van der Waals surface area contributed by atoms with Crippen LogP contribution in [0.1, 0.15) is 36.7 Å². The third kappa shape index (κ3) is 3.11. The van der Waals surface area contributed by atoms with Crippen LogP contribution in [0.3, 0.4) is 0 Å². The minimum atomic E-state index is -2.34. The topological polar surface area (TPSA) is 26.3 Å². The number of halogens is 5. The van der Waals surface area contributed by atoms with Gasteiger partial charge in [0, 0.05) is 5.56 Å². The molecule has 0 radical (unpaired) electrons. The Labute approximate surface area is 134 Å². The van der Waals surface area contributed by atoms with Crippen molar-refractivity contribution in [3.05, 3.63) is 64.5 Å². The van der Waals surface area contributed by atoms with E-state index < -0.39 is 46.0 Å². The second kappa shape index (κ2) is 6.22. The summed E-state index contributed by atoms with van der Waals surface area (Å²) in [7, 11) is 0.